The summed E-state index contributed by atoms with van der Waals surface area (Å²) >= 11 is 12.4. The molecule has 1 fully saturated rings. The third-order valence-electron chi connectivity index (χ3n) is 7.23. The van der Waals surface area contributed by atoms with Gasteiger partial charge in [-0.2, -0.15) is 26.3 Å². The summed E-state index contributed by atoms with van der Waals surface area (Å²) in [6, 6.07) is 15.3. The predicted octanol–water partition coefficient (Wildman–Crippen LogP) is 8.27. The molecule has 4 rings (SSSR count). The lowest BCUT2D eigenvalue weighted by atomic mass is 9.93. The first-order valence-corrected chi connectivity index (χ1v) is 13.9. The standard InChI is InChI=1S/C30H28Cl2F6N2O3/c1-42-39-27(43-17-19-13-22(29(33,34)35)16-23(14-19)30(36,37)38)24(20-7-8-25(31)26(32)15-20)9-11-40-12-10-28(41,18-40)21-5-3-2-4-6-21/h2-8,13-16,24,41H,9-12,17-18H2,1H3/b39-27-. The highest BCUT2D eigenvalue weighted by Crippen LogP contribution is 2.37. The molecule has 1 heterocycles. The maximum absolute atomic E-state index is 13.4. The van der Waals surface area contributed by atoms with Crippen LogP contribution < -0.4 is 0 Å². The Morgan fingerprint density at radius 1 is 0.953 bits per heavy atom. The number of aliphatic hydroxyl groups is 1. The lowest BCUT2D eigenvalue weighted by molar-refractivity contribution is -0.143. The van der Waals surface area contributed by atoms with E-state index in [0.717, 1.165) is 5.56 Å². The van der Waals surface area contributed by atoms with E-state index in [9.17, 15) is 31.4 Å². The van der Waals surface area contributed by atoms with Gasteiger partial charge in [0.2, 0.25) is 5.90 Å². The molecule has 2 unspecified atom stereocenters. The predicted molar refractivity (Wildman–Crippen MR) is 151 cm³/mol. The minimum Gasteiger partial charge on any atom is -0.473 e. The molecule has 3 aromatic carbocycles. The average Bonchev–Trinajstić information content (AvgIpc) is 3.35. The summed E-state index contributed by atoms with van der Waals surface area (Å²) < 4.78 is 86.1. The lowest BCUT2D eigenvalue weighted by Gasteiger charge is -2.26. The number of alkyl halides is 6. The zero-order valence-electron chi connectivity index (χ0n) is 22.9. The van der Waals surface area contributed by atoms with Crippen LogP contribution in [-0.2, 0) is 34.1 Å². The van der Waals surface area contributed by atoms with Crippen LogP contribution in [0.1, 0.15) is 46.6 Å². The third kappa shape index (κ3) is 8.35. The minimum absolute atomic E-state index is 0.0544. The second kappa shape index (κ2) is 13.3. The Morgan fingerprint density at radius 3 is 2.19 bits per heavy atom. The molecular weight excluding hydrogens is 621 g/mol. The van der Waals surface area contributed by atoms with Crippen LogP contribution in [0.4, 0.5) is 26.3 Å². The van der Waals surface area contributed by atoms with Gasteiger partial charge in [0.05, 0.1) is 27.1 Å². The van der Waals surface area contributed by atoms with E-state index >= 15 is 0 Å². The fourth-order valence-electron chi connectivity index (χ4n) is 5.06. The summed E-state index contributed by atoms with van der Waals surface area (Å²) in [5.41, 5.74) is -2.92. The van der Waals surface area contributed by atoms with Gasteiger partial charge in [-0.05, 0) is 66.4 Å². The fraction of sp³-hybridized carbons (Fsp3) is 0.367. The molecule has 1 aliphatic heterocycles. The highest BCUT2D eigenvalue weighted by atomic mass is 35.5. The second-order valence-electron chi connectivity index (χ2n) is 10.3. The van der Waals surface area contributed by atoms with E-state index in [1.165, 1.54) is 7.11 Å². The van der Waals surface area contributed by atoms with Crippen LogP contribution in [0.25, 0.3) is 0 Å². The van der Waals surface area contributed by atoms with Gasteiger partial charge < -0.3 is 14.7 Å². The minimum atomic E-state index is -5.00. The van der Waals surface area contributed by atoms with E-state index in [0.29, 0.717) is 50.2 Å². The number of benzene rings is 3. The number of hydrogen-bond donors (Lipinski definition) is 1. The van der Waals surface area contributed by atoms with E-state index in [2.05, 4.69) is 5.16 Å². The van der Waals surface area contributed by atoms with Gasteiger partial charge in [-0.25, -0.2) is 0 Å². The summed E-state index contributed by atoms with van der Waals surface area (Å²) in [5.74, 6) is -0.752. The van der Waals surface area contributed by atoms with Gasteiger partial charge >= 0.3 is 12.4 Å². The first-order chi connectivity index (χ1) is 20.2. The van der Waals surface area contributed by atoms with Crippen LogP contribution in [0.3, 0.4) is 0 Å². The normalized spacial score (nSPS) is 19.0. The number of oxime groups is 1. The molecule has 0 bridgehead atoms. The van der Waals surface area contributed by atoms with Gasteiger partial charge in [0.1, 0.15) is 19.3 Å². The van der Waals surface area contributed by atoms with Crippen LogP contribution >= 0.6 is 23.2 Å². The summed E-state index contributed by atoms with van der Waals surface area (Å²) in [5, 5.41) is 15.7. The SMILES string of the molecule is CO/N=C(\OCc1cc(C(F)(F)F)cc(C(F)(F)F)c1)C(CCN1CCC(O)(c2ccccc2)C1)c1ccc(Cl)c(Cl)c1. The monoisotopic (exact) mass is 648 g/mol. The first-order valence-electron chi connectivity index (χ1n) is 13.2. The van der Waals surface area contributed by atoms with Crippen LogP contribution in [0, 0.1) is 0 Å². The number of nitrogens with zero attached hydrogens (tertiary/aromatic N) is 2. The molecule has 0 radical (unpaired) electrons. The van der Waals surface area contributed by atoms with Crippen molar-refractivity contribution in [2.24, 2.45) is 5.16 Å². The number of β-amino-alcohol motifs (C(OH)–C–C–N with tert-alkyl or cyclic N) is 1. The smallest absolute Gasteiger partial charge is 0.416 e. The first kappa shape index (κ1) is 32.9. The molecular formula is C30H28Cl2F6N2O3. The largest absolute Gasteiger partial charge is 0.473 e. The van der Waals surface area contributed by atoms with Crippen molar-refractivity contribution < 1.29 is 41.0 Å². The summed E-state index contributed by atoms with van der Waals surface area (Å²) in [6.45, 7) is 0.729. The van der Waals surface area contributed by atoms with Crippen LogP contribution in [-0.4, -0.2) is 42.6 Å². The molecule has 1 aliphatic rings. The Hall–Kier alpha value is -2.99. The molecule has 0 saturated carbocycles. The van der Waals surface area contributed by atoms with Crippen molar-refractivity contribution in [3.8, 4) is 0 Å². The van der Waals surface area contributed by atoms with Gasteiger partial charge in [-0.15, -0.1) is 0 Å². The number of halogens is 8. The molecule has 1 N–H and O–H groups in total. The zero-order chi connectivity index (χ0) is 31.4. The maximum Gasteiger partial charge on any atom is 0.416 e. The van der Waals surface area contributed by atoms with Crippen LogP contribution in [0.2, 0.25) is 10.0 Å². The average molecular weight is 649 g/mol. The number of likely N-dealkylation sites (tertiary alicyclic amines) is 1. The quantitative estimate of drug-likeness (QED) is 0.110. The second-order valence-corrected chi connectivity index (χ2v) is 11.1. The van der Waals surface area contributed by atoms with Gasteiger partial charge in [0, 0.05) is 13.1 Å². The van der Waals surface area contributed by atoms with Gasteiger partial charge in [0.15, 0.2) is 0 Å². The van der Waals surface area contributed by atoms with Crippen LogP contribution in [0.5, 0.6) is 0 Å². The fourth-order valence-corrected chi connectivity index (χ4v) is 5.37. The molecule has 3 aromatic rings. The highest BCUT2D eigenvalue weighted by Gasteiger charge is 2.39. The van der Waals surface area contributed by atoms with Crippen molar-refractivity contribution in [1.29, 1.82) is 0 Å². The van der Waals surface area contributed by atoms with E-state index in [1.54, 1.807) is 18.2 Å². The van der Waals surface area contributed by atoms with Crippen molar-refractivity contribution >= 4 is 29.1 Å². The molecule has 0 amide bonds. The molecule has 1 saturated heterocycles. The van der Waals surface area contributed by atoms with Crippen LogP contribution in [0.15, 0.2) is 71.9 Å². The molecule has 0 aliphatic carbocycles. The van der Waals surface area contributed by atoms with E-state index in [4.69, 9.17) is 32.8 Å². The van der Waals surface area contributed by atoms with E-state index < -0.39 is 41.6 Å². The van der Waals surface area contributed by atoms with Crippen molar-refractivity contribution in [3.63, 3.8) is 0 Å². The van der Waals surface area contributed by atoms with Gasteiger partial charge in [-0.1, -0.05) is 64.8 Å². The number of ether oxygens (including phenoxy) is 1. The van der Waals surface area contributed by atoms with E-state index in [-0.39, 0.29) is 27.6 Å². The molecule has 13 heteroatoms. The van der Waals surface area contributed by atoms with Crippen molar-refractivity contribution in [2.75, 3.05) is 26.7 Å². The molecule has 43 heavy (non-hydrogen) atoms. The highest BCUT2D eigenvalue weighted by molar-refractivity contribution is 6.42. The Kier molecular flexibility index (Phi) is 10.2. The molecule has 232 valence electrons. The van der Waals surface area contributed by atoms with Crippen molar-refractivity contribution in [3.05, 3.63) is 105 Å². The Labute approximate surface area is 254 Å². The molecule has 2 atom stereocenters. The van der Waals surface area contributed by atoms with Crippen molar-refractivity contribution in [2.45, 2.75) is 43.3 Å². The van der Waals surface area contributed by atoms with Gasteiger partial charge in [-0.3, -0.25) is 4.90 Å². The summed E-state index contributed by atoms with van der Waals surface area (Å²) in [6.07, 6.45) is -9.17. The molecule has 0 spiro atoms. The number of rotatable bonds is 9. The van der Waals surface area contributed by atoms with E-state index in [1.807, 2.05) is 35.2 Å². The van der Waals surface area contributed by atoms with Crippen molar-refractivity contribution in [1.82, 2.24) is 4.90 Å². The lowest BCUT2D eigenvalue weighted by Crippen LogP contribution is -2.32. The summed E-state index contributed by atoms with van der Waals surface area (Å²) in [4.78, 5) is 7.00. The Bertz CT molecular complexity index is 1400. The third-order valence-corrected chi connectivity index (χ3v) is 7.97. The molecule has 0 aromatic heterocycles. The topological polar surface area (TPSA) is 54.3 Å². The Balaban J connectivity index is 1.59. The maximum atomic E-state index is 13.4. The molecule has 5 nitrogen and oxygen atoms in total. The summed E-state index contributed by atoms with van der Waals surface area (Å²) in [7, 11) is 1.24. The number of hydrogen-bond acceptors (Lipinski definition) is 5. The van der Waals surface area contributed by atoms with Gasteiger partial charge in [0.25, 0.3) is 0 Å². The zero-order valence-corrected chi connectivity index (χ0v) is 24.4. The Morgan fingerprint density at radius 2 is 1.60 bits per heavy atom.